The van der Waals surface area contributed by atoms with Gasteiger partial charge < -0.3 is 0 Å². The second-order valence-electron chi connectivity index (χ2n) is 2.20. The molecule has 62 valence electrons. The maximum atomic E-state index is 12.8. The van der Waals surface area contributed by atoms with E-state index in [0.717, 1.165) is 9.13 Å². The van der Waals surface area contributed by atoms with E-state index in [-0.39, 0.29) is 12.2 Å². The fourth-order valence-electron chi connectivity index (χ4n) is 0.823. The molecule has 0 N–H and O–H groups in total. The van der Waals surface area contributed by atoms with Crippen LogP contribution in [0, 0.1) is 20.7 Å². The maximum Gasteiger partial charge on any atom is 0.124 e. The number of hydrogen-bond donors (Lipinski definition) is 0. The van der Waals surface area contributed by atoms with E-state index >= 15 is 0 Å². The van der Waals surface area contributed by atoms with Crippen molar-refractivity contribution in [2.45, 2.75) is 6.42 Å². The lowest BCUT2D eigenvalue weighted by Crippen LogP contribution is -1.90. The Kier molecular flexibility index (Phi) is 3.47. The van der Waals surface area contributed by atoms with Gasteiger partial charge in [0.1, 0.15) is 5.82 Å². The van der Waals surface area contributed by atoms with E-state index in [1.165, 1.54) is 12.1 Å². The Labute approximate surface area is 91.8 Å². The van der Waals surface area contributed by atoms with Crippen LogP contribution in [0.3, 0.4) is 0 Å². The lowest BCUT2D eigenvalue weighted by atomic mass is 10.2. The second kappa shape index (κ2) is 4.19. The summed E-state index contributed by atoms with van der Waals surface area (Å²) in [6.07, 6.45) is 0.245. The molecule has 0 radical (unpaired) electrons. The lowest BCUT2D eigenvalue weighted by Gasteiger charge is -2.01. The molecule has 0 amide bonds. The van der Waals surface area contributed by atoms with Gasteiger partial charge >= 0.3 is 0 Å². The maximum absolute atomic E-state index is 12.8. The van der Waals surface area contributed by atoms with Gasteiger partial charge in [-0.3, -0.25) is 0 Å². The molecule has 0 saturated carbocycles. The van der Waals surface area contributed by atoms with Gasteiger partial charge in [0.25, 0.3) is 0 Å². The minimum atomic E-state index is -0.312. The summed E-state index contributed by atoms with van der Waals surface area (Å²) in [7, 11) is 0. The van der Waals surface area contributed by atoms with Crippen LogP contribution in [0.1, 0.15) is 5.56 Å². The molecule has 0 aliphatic heterocycles. The van der Waals surface area contributed by atoms with E-state index in [2.05, 4.69) is 38.5 Å². The lowest BCUT2D eigenvalue weighted by molar-refractivity contribution is 0.624. The first-order chi connectivity index (χ1) is 5.65. The number of hydrogen-bond acceptors (Lipinski definition) is 1. The van der Waals surface area contributed by atoms with Crippen LogP contribution in [0.25, 0.3) is 0 Å². The molecule has 4 heteroatoms. The van der Waals surface area contributed by atoms with Crippen LogP contribution in [-0.4, -0.2) is 0 Å². The molecular weight excluding hydrogens is 336 g/mol. The Morgan fingerprint density at radius 3 is 2.83 bits per heavy atom. The van der Waals surface area contributed by atoms with Crippen LogP contribution in [0.5, 0.6) is 0 Å². The molecule has 0 spiro atoms. The number of halogens is 3. The van der Waals surface area contributed by atoms with Crippen LogP contribution in [0.2, 0.25) is 0 Å². The highest BCUT2D eigenvalue weighted by molar-refractivity contribution is 14.1. The van der Waals surface area contributed by atoms with E-state index in [4.69, 9.17) is 5.26 Å². The predicted molar refractivity (Wildman–Crippen MR) is 56.1 cm³/mol. The summed E-state index contributed by atoms with van der Waals surface area (Å²) in [5.74, 6) is -0.312. The molecule has 0 aliphatic carbocycles. The van der Waals surface area contributed by atoms with Gasteiger partial charge in [-0.05, 0) is 56.2 Å². The van der Waals surface area contributed by atoms with Crippen LogP contribution in [-0.2, 0) is 6.42 Å². The van der Waals surface area contributed by atoms with Crippen LogP contribution < -0.4 is 0 Å². The van der Waals surface area contributed by atoms with Gasteiger partial charge in [-0.25, -0.2) is 4.39 Å². The zero-order chi connectivity index (χ0) is 9.14. The van der Waals surface area contributed by atoms with Gasteiger partial charge in [0, 0.05) is 8.04 Å². The SMILES string of the molecule is N#CCc1cc(F)cc(Br)c1I. The molecule has 1 aromatic rings. The van der Waals surface area contributed by atoms with Gasteiger partial charge in [-0.1, -0.05) is 0 Å². The molecule has 12 heavy (non-hydrogen) atoms. The normalized spacial score (nSPS) is 9.50. The van der Waals surface area contributed by atoms with Crippen molar-refractivity contribution in [3.8, 4) is 6.07 Å². The molecule has 0 unspecified atom stereocenters. The Morgan fingerprint density at radius 2 is 2.25 bits per heavy atom. The van der Waals surface area contributed by atoms with Gasteiger partial charge in [0.2, 0.25) is 0 Å². The third kappa shape index (κ3) is 2.17. The summed E-state index contributed by atoms with van der Waals surface area (Å²) >= 11 is 5.29. The standard InChI is InChI=1S/C8H4BrFIN/c9-7-4-6(10)3-5(1-2-12)8(7)11/h3-4H,1H2. The highest BCUT2D eigenvalue weighted by Crippen LogP contribution is 2.24. The van der Waals surface area contributed by atoms with Crippen molar-refractivity contribution in [3.63, 3.8) is 0 Å². The number of benzene rings is 1. The minimum Gasteiger partial charge on any atom is -0.207 e. The first-order valence-electron chi connectivity index (χ1n) is 3.15. The van der Waals surface area contributed by atoms with Crippen molar-refractivity contribution < 1.29 is 4.39 Å². The van der Waals surface area contributed by atoms with E-state index in [9.17, 15) is 4.39 Å². The van der Waals surface area contributed by atoms with E-state index in [1.54, 1.807) is 0 Å². The molecular formula is C8H4BrFIN. The van der Waals surface area contributed by atoms with Crippen LogP contribution in [0.15, 0.2) is 16.6 Å². The molecule has 0 bridgehead atoms. The predicted octanol–water partition coefficient (Wildman–Crippen LogP) is 3.26. The topological polar surface area (TPSA) is 23.8 Å². The van der Waals surface area contributed by atoms with Crippen LogP contribution >= 0.6 is 38.5 Å². The quantitative estimate of drug-likeness (QED) is 0.569. The summed E-state index contributed by atoms with van der Waals surface area (Å²) in [6.45, 7) is 0. The molecule has 0 heterocycles. The summed E-state index contributed by atoms with van der Waals surface area (Å²) in [6, 6.07) is 4.76. The van der Waals surface area contributed by atoms with E-state index in [1.807, 2.05) is 6.07 Å². The molecule has 0 saturated heterocycles. The number of nitrogens with zero attached hydrogens (tertiary/aromatic N) is 1. The molecule has 0 aliphatic rings. The molecule has 1 nitrogen and oxygen atoms in total. The highest BCUT2D eigenvalue weighted by Gasteiger charge is 2.05. The molecule has 0 atom stereocenters. The monoisotopic (exact) mass is 339 g/mol. The van der Waals surface area contributed by atoms with Crippen molar-refractivity contribution >= 4 is 38.5 Å². The first kappa shape index (κ1) is 9.93. The van der Waals surface area contributed by atoms with Gasteiger partial charge in [-0.15, -0.1) is 0 Å². The van der Waals surface area contributed by atoms with Gasteiger partial charge in [-0.2, -0.15) is 5.26 Å². The second-order valence-corrected chi connectivity index (χ2v) is 4.13. The average Bonchev–Trinajstić information content (AvgIpc) is 2.00. The van der Waals surface area contributed by atoms with Crippen LogP contribution in [0.4, 0.5) is 4.39 Å². The van der Waals surface area contributed by atoms with Gasteiger partial charge in [0.05, 0.1) is 12.5 Å². The number of nitriles is 1. The molecule has 0 aromatic heterocycles. The fourth-order valence-corrected chi connectivity index (χ4v) is 1.80. The Bertz CT molecular complexity index is 346. The van der Waals surface area contributed by atoms with Crippen molar-refractivity contribution in [1.82, 2.24) is 0 Å². The Morgan fingerprint density at radius 1 is 1.58 bits per heavy atom. The largest absolute Gasteiger partial charge is 0.207 e. The zero-order valence-corrected chi connectivity index (χ0v) is 9.69. The Balaban J connectivity index is 3.20. The molecule has 1 aromatic carbocycles. The zero-order valence-electron chi connectivity index (χ0n) is 5.94. The smallest absolute Gasteiger partial charge is 0.124 e. The summed E-state index contributed by atoms with van der Waals surface area (Å²) in [5.41, 5.74) is 0.727. The Hall–Kier alpha value is -0.150. The third-order valence-electron chi connectivity index (χ3n) is 1.34. The molecule has 0 fully saturated rings. The summed E-state index contributed by atoms with van der Waals surface area (Å²) in [5, 5.41) is 8.43. The minimum absolute atomic E-state index is 0.245. The fraction of sp³-hybridized carbons (Fsp3) is 0.125. The first-order valence-corrected chi connectivity index (χ1v) is 5.02. The van der Waals surface area contributed by atoms with E-state index < -0.39 is 0 Å². The van der Waals surface area contributed by atoms with E-state index in [0.29, 0.717) is 4.47 Å². The summed E-state index contributed by atoms with van der Waals surface area (Å²) in [4.78, 5) is 0. The summed E-state index contributed by atoms with van der Waals surface area (Å²) < 4.78 is 14.4. The average molecular weight is 340 g/mol. The molecule has 1 rings (SSSR count). The van der Waals surface area contributed by atoms with Crippen molar-refractivity contribution in [1.29, 1.82) is 5.26 Å². The van der Waals surface area contributed by atoms with Crippen molar-refractivity contribution in [2.75, 3.05) is 0 Å². The van der Waals surface area contributed by atoms with Crippen molar-refractivity contribution in [2.24, 2.45) is 0 Å². The van der Waals surface area contributed by atoms with Crippen molar-refractivity contribution in [3.05, 3.63) is 31.6 Å². The third-order valence-corrected chi connectivity index (χ3v) is 3.98. The number of rotatable bonds is 1. The highest BCUT2D eigenvalue weighted by atomic mass is 127. The van der Waals surface area contributed by atoms with Gasteiger partial charge in [0.15, 0.2) is 0 Å².